The number of hydrogen-bond donors (Lipinski definition) is 2. The SMILES string of the molecule is O=[N+]([O-])c1ccc(-n2cc(/C(Cc3ccc[nH]3)=N/O)nn2)cc1. The van der Waals surface area contributed by atoms with Gasteiger partial charge in [0.1, 0.15) is 11.4 Å². The zero-order chi connectivity index (χ0) is 16.2. The highest BCUT2D eigenvalue weighted by molar-refractivity contribution is 5.99. The fourth-order valence-corrected chi connectivity index (χ4v) is 2.08. The first-order valence-corrected chi connectivity index (χ1v) is 6.68. The van der Waals surface area contributed by atoms with Crippen molar-refractivity contribution < 1.29 is 10.1 Å². The van der Waals surface area contributed by atoms with Crippen LogP contribution in [0.2, 0.25) is 0 Å². The number of aromatic amines is 1. The van der Waals surface area contributed by atoms with Crippen LogP contribution in [0.4, 0.5) is 5.69 Å². The van der Waals surface area contributed by atoms with Crippen LogP contribution in [0.5, 0.6) is 0 Å². The Kier molecular flexibility index (Phi) is 3.83. The Morgan fingerprint density at radius 2 is 2.13 bits per heavy atom. The molecular formula is C14H12N6O3. The summed E-state index contributed by atoms with van der Waals surface area (Å²) < 4.78 is 1.46. The smallest absolute Gasteiger partial charge is 0.269 e. The first-order chi connectivity index (χ1) is 11.2. The lowest BCUT2D eigenvalue weighted by Gasteiger charge is -1.99. The lowest BCUT2D eigenvalue weighted by Crippen LogP contribution is -2.06. The summed E-state index contributed by atoms with van der Waals surface area (Å²) in [4.78, 5) is 13.2. The molecule has 0 aliphatic carbocycles. The van der Waals surface area contributed by atoms with Gasteiger partial charge in [-0.25, -0.2) is 4.68 Å². The minimum Gasteiger partial charge on any atom is -0.411 e. The summed E-state index contributed by atoms with van der Waals surface area (Å²) in [5.74, 6) is 0. The molecule has 0 saturated heterocycles. The average molecular weight is 312 g/mol. The average Bonchev–Trinajstić information content (AvgIpc) is 3.24. The fourth-order valence-electron chi connectivity index (χ4n) is 2.08. The molecule has 116 valence electrons. The molecule has 0 radical (unpaired) electrons. The van der Waals surface area contributed by atoms with E-state index in [9.17, 15) is 15.3 Å². The maximum atomic E-state index is 10.7. The number of oxime groups is 1. The van der Waals surface area contributed by atoms with E-state index in [1.54, 1.807) is 24.5 Å². The van der Waals surface area contributed by atoms with Crippen molar-refractivity contribution in [1.29, 1.82) is 0 Å². The van der Waals surface area contributed by atoms with Gasteiger partial charge in [-0.1, -0.05) is 10.4 Å². The molecule has 0 fully saturated rings. The molecule has 3 rings (SSSR count). The van der Waals surface area contributed by atoms with Crippen LogP contribution in [0.1, 0.15) is 11.4 Å². The Hall–Kier alpha value is -3.49. The summed E-state index contributed by atoms with van der Waals surface area (Å²) in [7, 11) is 0. The number of aromatic nitrogens is 4. The number of non-ortho nitro benzene ring substituents is 1. The van der Waals surface area contributed by atoms with Gasteiger partial charge in [-0.3, -0.25) is 10.1 Å². The maximum absolute atomic E-state index is 10.7. The minimum absolute atomic E-state index is 0.00144. The van der Waals surface area contributed by atoms with Crippen LogP contribution in [-0.2, 0) is 6.42 Å². The minimum atomic E-state index is -0.469. The van der Waals surface area contributed by atoms with E-state index in [2.05, 4.69) is 20.5 Å². The molecule has 0 amide bonds. The van der Waals surface area contributed by atoms with Crippen LogP contribution >= 0.6 is 0 Å². The van der Waals surface area contributed by atoms with Gasteiger partial charge >= 0.3 is 0 Å². The number of nitrogens with one attached hydrogen (secondary N) is 1. The van der Waals surface area contributed by atoms with Crippen LogP contribution in [-0.4, -0.2) is 35.8 Å². The molecule has 1 aromatic carbocycles. The van der Waals surface area contributed by atoms with Gasteiger partial charge < -0.3 is 10.2 Å². The van der Waals surface area contributed by atoms with Crippen molar-refractivity contribution in [2.24, 2.45) is 5.16 Å². The standard InChI is InChI=1S/C14H12N6O3/c21-17-13(8-10-2-1-7-15-10)14-9-19(18-16-14)11-3-5-12(6-4-11)20(22)23/h1-7,9,15,21H,8H2/b17-13+. The van der Waals surface area contributed by atoms with Crippen LogP contribution < -0.4 is 0 Å². The molecular weight excluding hydrogens is 300 g/mol. The van der Waals surface area contributed by atoms with Crippen LogP contribution in [0.15, 0.2) is 53.9 Å². The van der Waals surface area contributed by atoms with Crippen molar-refractivity contribution in [3.05, 3.63) is 70.3 Å². The molecule has 2 aromatic heterocycles. The highest BCUT2D eigenvalue weighted by Crippen LogP contribution is 2.15. The van der Waals surface area contributed by atoms with E-state index in [4.69, 9.17) is 0 Å². The number of nitro benzene ring substituents is 1. The summed E-state index contributed by atoms with van der Waals surface area (Å²) in [5.41, 5.74) is 2.27. The second-order valence-corrected chi connectivity index (χ2v) is 4.74. The first kappa shape index (κ1) is 14.4. The Morgan fingerprint density at radius 3 is 2.74 bits per heavy atom. The largest absolute Gasteiger partial charge is 0.411 e. The van der Waals surface area contributed by atoms with Gasteiger partial charge in [0.15, 0.2) is 0 Å². The molecule has 0 spiro atoms. The molecule has 2 N–H and O–H groups in total. The van der Waals surface area contributed by atoms with E-state index in [1.165, 1.54) is 16.8 Å². The molecule has 9 nitrogen and oxygen atoms in total. The van der Waals surface area contributed by atoms with Gasteiger partial charge in [0.25, 0.3) is 5.69 Å². The van der Waals surface area contributed by atoms with E-state index in [0.717, 1.165) is 5.69 Å². The molecule has 0 bridgehead atoms. The van der Waals surface area contributed by atoms with E-state index < -0.39 is 4.92 Å². The quantitative estimate of drug-likeness (QED) is 0.322. The van der Waals surface area contributed by atoms with Crippen molar-refractivity contribution in [3.63, 3.8) is 0 Å². The number of H-pyrrole nitrogens is 1. The lowest BCUT2D eigenvalue weighted by molar-refractivity contribution is -0.384. The van der Waals surface area contributed by atoms with Gasteiger partial charge in [-0.05, 0) is 24.3 Å². The third kappa shape index (κ3) is 3.07. The molecule has 2 heterocycles. The zero-order valence-electron chi connectivity index (χ0n) is 11.8. The summed E-state index contributed by atoms with van der Waals surface area (Å²) in [6.07, 6.45) is 3.75. The van der Waals surface area contributed by atoms with Gasteiger partial charge in [-0.2, -0.15) is 0 Å². The second-order valence-electron chi connectivity index (χ2n) is 4.74. The van der Waals surface area contributed by atoms with Gasteiger partial charge in [-0.15, -0.1) is 5.10 Å². The number of nitro groups is 1. The predicted octanol–water partition coefficient (Wildman–Crippen LogP) is 1.92. The van der Waals surface area contributed by atoms with E-state index in [0.29, 0.717) is 23.5 Å². The number of nitrogens with zero attached hydrogens (tertiary/aromatic N) is 5. The number of benzene rings is 1. The van der Waals surface area contributed by atoms with Crippen LogP contribution in [0.25, 0.3) is 5.69 Å². The predicted molar refractivity (Wildman–Crippen MR) is 80.8 cm³/mol. The van der Waals surface area contributed by atoms with Crippen LogP contribution in [0, 0.1) is 10.1 Å². The summed E-state index contributed by atoms with van der Waals surface area (Å²) in [6, 6.07) is 9.62. The van der Waals surface area contributed by atoms with Gasteiger partial charge in [0.2, 0.25) is 0 Å². The van der Waals surface area contributed by atoms with Crippen molar-refractivity contribution >= 4 is 11.4 Å². The lowest BCUT2D eigenvalue weighted by atomic mass is 10.1. The Labute approximate surface area is 130 Å². The van der Waals surface area contributed by atoms with E-state index >= 15 is 0 Å². The monoisotopic (exact) mass is 312 g/mol. The number of hydrogen-bond acceptors (Lipinski definition) is 6. The van der Waals surface area contributed by atoms with Crippen molar-refractivity contribution in [1.82, 2.24) is 20.0 Å². The Bertz CT molecular complexity index is 836. The zero-order valence-corrected chi connectivity index (χ0v) is 11.8. The summed E-state index contributed by atoms with van der Waals surface area (Å²) in [5, 5.41) is 31.0. The highest BCUT2D eigenvalue weighted by Gasteiger charge is 2.12. The second kappa shape index (κ2) is 6.10. The van der Waals surface area contributed by atoms with E-state index in [1.807, 2.05) is 12.1 Å². The van der Waals surface area contributed by atoms with Crippen LogP contribution in [0.3, 0.4) is 0 Å². The summed E-state index contributed by atoms with van der Waals surface area (Å²) in [6.45, 7) is 0. The fraction of sp³-hybridized carbons (Fsp3) is 0.0714. The first-order valence-electron chi connectivity index (χ1n) is 6.68. The molecule has 0 unspecified atom stereocenters. The normalized spacial score (nSPS) is 11.6. The molecule has 0 saturated carbocycles. The topological polar surface area (TPSA) is 122 Å². The van der Waals surface area contributed by atoms with E-state index in [-0.39, 0.29) is 5.69 Å². The highest BCUT2D eigenvalue weighted by atomic mass is 16.6. The van der Waals surface area contributed by atoms with Crippen molar-refractivity contribution in [2.75, 3.05) is 0 Å². The van der Waals surface area contributed by atoms with Gasteiger partial charge in [0, 0.05) is 30.4 Å². The molecule has 9 heteroatoms. The van der Waals surface area contributed by atoms with Crippen molar-refractivity contribution in [2.45, 2.75) is 6.42 Å². The Balaban J connectivity index is 1.83. The van der Waals surface area contributed by atoms with Crippen molar-refractivity contribution in [3.8, 4) is 5.69 Å². The third-order valence-corrected chi connectivity index (χ3v) is 3.26. The Morgan fingerprint density at radius 1 is 1.35 bits per heavy atom. The maximum Gasteiger partial charge on any atom is 0.269 e. The molecule has 0 aliphatic rings. The summed E-state index contributed by atoms with van der Waals surface area (Å²) >= 11 is 0. The molecule has 0 aliphatic heterocycles. The number of rotatable bonds is 5. The molecule has 0 atom stereocenters. The third-order valence-electron chi connectivity index (χ3n) is 3.26. The van der Waals surface area contributed by atoms with Gasteiger partial charge in [0.05, 0.1) is 16.8 Å². The molecule has 23 heavy (non-hydrogen) atoms. The molecule has 3 aromatic rings.